The highest BCUT2D eigenvalue weighted by molar-refractivity contribution is 5.99. The molecular formula is C15H20N4O2. The van der Waals surface area contributed by atoms with Gasteiger partial charge in [-0.25, -0.2) is 0 Å². The normalized spacial score (nSPS) is 10.4. The largest absolute Gasteiger partial charge is 0.497 e. The zero-order chi connectivity index (χ0) is 15.4. The SMILES string of the molecule is CCc1nn(C)cc1CNC(=O)c1ccc(OC)cc1N. The highest BCUT2D eigenvalue weighted by Crippen LogP contribution is 2.19. The summed E-state index contributed by atoms with van der Waals surface area (Å²) >= 11 is 0. The first-order valence-corrected chi connectivity index (χ1v) is 6.78. The fourth-order valence-corrected chi connectivity index (χ4v) is 2.17. The number of rotatable bonds is 5. The van der Waals surface area contributed by atoms with Crippen LogP contribution in [0.4, 0.5) is 5.69 Å². The van der Waals surface area contributed by atoms with Crippen molar-refractivity contribution < 1.29 is 9.53 Å². The summed E-state index contributed by atoms with van der Waals surface area (Å²) in [4.78, 5) is 12.2. The Morgan fingerprint density at radius 2 is 2.24 bits per heavy atom. The maximum absolute atomic E-state index is 12.2. The molecule has 0 spiro atoms. The van der Waals surface area contributed by atoms with Gasteiger partial charge in [-0.3, -0.25) is 9.48 Å². The lowest BCUT2D eigenvalue weighted by molar-refractivity contribution is 0.0951. The highest BCUT2D eigenvalue weighted by Gasteiger charge is 2.12. The van der Waals surface area contributed by atoms with Gasteiger partial charge in [0.1, 0.15) is 5.75 Å². The van der Waals surface area contributed by atoms with Crippen molar-refractivity contribution in [3.05, 3.63) is 41.2 Å². The predicted octanol–water partition coefficient (Wildman–Crippen LogP) is 1.50. The first-order chi connectivity index (χ1) is 10.0. The number of methoxy groups -OCH3 is 1. The van der Waals surface area contributed by atoms with Crippen molar-refractivity contribution in [2.75, 3.05) is 12.8 Å². The van der Waals surface area contributed by atoms with E-state index in [9.17, 15) is 4.79 Å². The van der Waals surface area contributed by atoms with Gasteiger partial charge in [0, 0.05) is 37.1 Å². The molecule has 1 heterocycles. The van der Waals surface area contributed by atoms with Crippen LogP contribution < -0.4 is 15.8 Å². The van der Waals surface area contributed by atoms with Crippen LogP contribution in [-0.2, 0) is 20.0 Å². The number of benzene rings is 1. The number of aromatic nitrogens is 2. The van der Waals surface area contributed by atoms with E-state index >= 15 is 0 Å². The van der Waals surface area contributed by atoms with Crippen LogP contribution in [-0.4, -0.2) is 22.8 Å². The fraction of sp³-hybridized carbons (Fsp3) is 0.333. The minimum Gasteiger partial charge on any atom is -0.497 e. The third-order valence-electron chi connectivity index (χ3n) is 3.27. The Bertz CT molecular complexity index is 649. The van der Waals surface area contributed by atoms with Gasteiger partial charge >= 0.3 is 0 Å². The number of ether oxygens (including phenoxy) is 1. The maximum atomic E-state index is 12.2. The summed E-state index contributed by atoms with van der Waals surface area (Å²) in [6.45, 7) is 2.47. The predicted molar refractivity (Wildman–Crippen MR) is 81.2 cm³/mol. The van der Waals surface area contributed by atoms with Gasteiger partial charge in [-0.2, -0.15) is 5.10 Å². The molecule has 2 aromatic rings. The van der Waals surface area contributed by atoms with E-state index in [1.165, 1.54) is 0 Å². The van der Waals surface area contributed by atoms with Crippen LogP contribution >= 0.6 is 0 Å². The van der Waals surface area contributed by atoms with Gasteiger partial charge in [0.25, 0.3) is 5.91 Å². The van der Waals surface area contributed by atoms with Crippen LogP contribution in [0, 0.1) is 0 Å². The van der Waals surface area contributed by atoms with E-state index in [2.05, 4.69) is 10.4 Å². The van der Waals surface area contributed by atoms with E-state index in [0.717, 1.165) is 17.7 Å². The number of anilines is 1. The summed E-state index contributed by atoms with van der Waals surface area (Å²) in [7, 11) is 3.43. The Labute approximate surface area is 123 Å². The second-order valence-corrected chi connectivity index (χ2v) is 4.76. The van der Waals surface area contributed by atoms with Gasteiger partial charge in [-0.1, -0.05) is 6.92 Å². The Balaban J connectivity index is 2.08. The molecule has 6 heteroatoms. The van der Waals surface area contributed by atoms with Crippen molar-refractivity contribution in [2.45, 2.75) is 19.9 Å². The van der Waals surface area contributed by atoms with Crippen LogP contribution in [0.5, 0.6) is 5.75 Å². The second kappa shape index (κ2) is 6.30. The maximum Gasteiger partial charge on any atom is 0.253 e. The van der Waals surface area contributed by atoms with Crippen molar-refractivity contribution in [2.24, 2.45) is 7.05 Å². The van der Waals surface area contributed by atoms with E-state index in [0.29, 0.717) is 23.5 Å². The second-order valence-electron chi connectivity index (χ2n) is 4.76. The average Bonchev–Trinajstić information content (AvgIpc) is 2.84. The van der Waals surface area contributed by atoms with Crippen LogP contribution in [0.2, 0.25) is 0 Å². The van der Waals surface area contributed by atoms with Crippen molar-refractivity contribution in [3.8, 4) is 5.75 Å². The number of carbonyl (C=O) groups is 1. The molecule has 1 aromatic heterocycles. The molecule has 0 radical (unpaired) electrons. The Kier molecular flexibility index (Phi) is 4.47. The van der Waals surface area contributed by atoms with E-state index in [1.54, 1.807) is 30.0 Å². The fourth-order valence-electron chi connectivity index (χ4n) is 2.17. The molecule has 2 rings (SSSR count). The molecule has 0 saturated heterocycles. The third-order valence-corrected chi connectivity index (χ3v) is 3.27. The molecule has 0 aliphatic carbocycles. The van der Waals surface area contributed by atoms with Gasteiger partial charge < -0.3 is 15.8 Å². The number of nitrogen functional groups attached to an aromatic ring is 1. The van der Waals surface area contributed by atoms with Crippen LogP contribution in [0.1, 0.15) is 28.5 Å². The first kappa shape index (κ1) is 14.9. The van der Waals surface area contributed by atoms with Crippen molar-refractivity contribution in [1.29, 1.82) is 0 Å². The highest BCUT2D eigenvalue weighted by atomic mass is 16.5. The monoisotopic (exact) mass is 288 g/mol. The minimum absolute atomic E-state index is 0.207. The number of nitrogens with zero attached hydrogens (tertiary/aromatic N) is 2. The number of nitrogens with two attached hydrogens (primary N) is 1. The summed E-state index contributed by atoms with van der Waals surface area (Å²) in [5, 5.41) is 7.21. The molecule has 112 valence electrons. The Hall–Kier alpha value is -2.50. The topological polar surface area (TPSA) is 82.2 Å². The molecule has 0 bridgehead atoms. The molecule has 1 aromatic carbocycles. The van der Waals surface area contributed by atoms with E-state index in [4.69, 9.17) is 10.5 Å². The van der Waals surface area contributed by atoms with E-state index in [1.807, 2.05) is 20.2 Å². The molecule has 0 unspecified atom stereocenters. The van der Waals surface area contributed by atoms with Gasteiger partial charge in [-0.05, 0) is 18.6 Å². The lowest BCUT2D eigenvalue weighted by Crippen LogP contribution is -2.24. The summed E-state index contributed by atoms with van der Waals surface area (Å²) in [5.41, 5.74) is 8.71. The minimum atomic E-state index is -0.207. The van der Waals surface area contributed by atoms with E-state index < -0.39 is 0 Å². The van der Waals surface area contributed by atoms with Crippen LogP contribution in [0.15, 0.2) is 24.4 Å². The summed E-state index contributed by atoms with van der Waals surface area (Å²) in [5.74, 6) is 0.422. The van der Waals surface area contributed by atoms with Gasteiger partial charge in [0.2, 0.25) is 0 Å². The molecule has 0 aliphatic heterocycles. The first-order valence-electron chi connectivity index (χ1n) is 6.78. The third kappa shape index (κ3) is 3.34. The van der Waals surface area contributed by atoms with Crippen molar-refractivity contribution >= 4 is 11.6 Å². The smallest absolute Gasteiger partial charge is 0.253 e. The molecule has 0 aliphatic rings. The number of nitrogens with one attached hydrogen (secondary N) is 1. The standard InChI is InChI=1S/C15H20N4O2/c1-4-14-10(9-19(2)18-14)8-17-15(20)12-6-5-11(21-3)7-13(12)16/h5-7,9H,4,8,16H2,1-3H3,(H,17,20). The zero-order valence-corrected chi connectivity index (χ0v) is 12.5. The molecule has 0 fully saturated rings. The molecule has 3 N–H and O–H groups in total. The van der Waals surface area contributed by atoms with Gasteiger partial charge in [0.05, 0.1) is 18.4 Å². The average molecular weight is 288 g/mol. The summed E-state index contributed by atoms with van der Waals surface area (Å²) in [6, 6.07) is 5.01. The van der Waals surface area contributed by atoms with Gasteiger partial charge in [-0.15, -0.1) is 0 Å². The van der Waals surface area contributed by atoms with Crippen molar-refractivity contribution in [1.82, 2.24) is 15.1 Å². The molecule has 21 heavy (non-hydrogen) atoms. The number of carbonyl (C=O) groups excluding carboxylic acids is 1. The molecule has 0 atom stereocenters. The molecular weight excluding hydrogens is 268 g/mol. The summed E-state index contributed by atoms with van der Waals surface area (Å²) < 4.78 is 6.82. The number of amides is 1. The lowest BCUT2D eigenvalue weighted by Gasteiger charge is -2.09. The lowest BCUT2D eigenvalue weighted by atomic mass is 10.1. The number of hydrogen-bond donors (Lipinski definition) is 2. The van der Waals surface area contributed by atoms with Crippen LogP contribution in [0.25, 0.3) is 0 Å². The van der Waals surface area contributed by atoms with Crippen LogP contribution in [0.3, 0.4) is 0 Å². The molecule has 6 nitrogen and oxygen atoms in total. The quantitative estimate of drug-likeness (QED) is 0.817. The molecule has 0 saturated carbocycles. The van der Waals surface area contributed by atoms with Crippen molar-refractivity contribution in [3.63, 3.8) is 0 Å². The zero-order valence-electron chi connectivity index (χ0n) is 12.5. The number of aryl methyl sites for hydroxylation is 2. The van der Waals surface area contributed by atoms with E-state index in [-0.39, 0.29) is 5.91 Å². The number of hydrogen-bond acceptors (Lipinski definition) is 4. The molecule has 1 amide bonds. The Morgan fingerprint density at radius 1 is 1.48 bits per heavy atom. The Morgan fingerprint density at radius 3 is 2.86 bits per heavy atom. The van der Waals surface area contributed by atoms with Gasteiger partial charge in [0.15, 0.2) is 0 Å². The summed E-state index contributed by atoms with van der Waals surface area (Å²) in [6.07, 6.45) is 2.74.